The molecular weight excluding hydrogens is 291 g/mol. The van der Waals surface area contributed by atoms with E-state index < -0.39 is 11.7 Å². The number of aryl methyl sites for hydroxylation is 1. The molecule has 0 bridgehead atoms. The number of halogens is 3. The molecule has 0 saturated heterocycles. The number of amides is 1. The molecule has 114 valence electrons. The van der Waals surface area contributed by atoms with E-state index in [1.165, 1.54) is 12.1 Å². The number of carbonyl (C=O) groups excluding carboxylic acids is 1. The third-order valence-corrected chi connectivity index (χ3v) is 3.97. The molecule has 0 saturated carbocycles. The normalized spacial score (nSPS) is 17.3. The molecule has 0 spiro atoms. The lowest BCUT2D eigenvalue weighted by Crippen LogP contribution is -2.14. The Labute approximate surface area is 126 Å². The predicted molar refractivity (Wildman–Crippen MR) is 77.7 cm³/mol. The van der Waals surface area contributed by atoms with Gasteiger partial charge in [-0.2, -0.15) is 13.2 Å². The van der Waals surface area contributed by atoms with E-state index in [0.717, 1.165) is 28.9 Å². The summed E-state index contributed by atoms with van der Waals surface area (Å²) in [5.41, 5.74) is 2.75. The van der Waals surface area contributed by atoms with Gasteiger partial charge < -0.3 is 5.32 Å². The number of anilines is 1. The highest BCUT2D eigenvalue weighted by Gasteiger charge is 2.32. The molecule has 1 aliphatic heterocycles. The van der Waals surface area contributed by atoms with Gasteiger partial charge in [0.05, 0.1) is 11.5 Å². The SMILES string of the molecule is Cc1cccc2c1NC(=O)[C@@H]2Cc1ccc(C(F)(F)F)cc1. The second-order valence-electron chi connectivity index (χ2n) is 5.48. The van der Waals surface area contributed by atoms with Gasteiger partial charge in [-0.3, -0.25) is 4.79 Å². The minimum atomic E-state index is -4.34. The van der Waals surface area contributed by atoms with Gasteiger partial charge in [-0.05, 0) is 42.2 Å². The van der Waals surface area contributed by atoms with E-state index in [4.69, 9.17) is 0 Å². The molecule has 1 amide bonds. The fourth-order valence-electron chi connectivity index (χ4n) is 2.77. The zero-order valence-electron chi connectivity index (χ0n) is 11.9. The topological polar surface area (TPSA) is 29.1 Å². The first kappa shape index (κ1) is 14.6. The lowest BCUT2D eigenvalue weighted by molar-refractivity contribution is -0.137. The Hall–Kier alpha value is -2.30. The fraction of sp³-hybridized carbons (Fsp3) is 0.235. The van der Waals surface area contributed by atoms with Crippen molar-refractivity contribution >= 4 is 11.6 Å². The number of rotatable bonds is 2. The van der Waals surface area contributed by atoms with Crippen molar-refractivity contribution in [1.29, 1.82) is 0 Å². The Balaban J connectivity index is 1.85. The minimum absolute atomic E-state index is 0.107. The van der Waals surface area contributed by atoms with Crippen molar-refractivity contribution in [2.24, 2.45) is 0 Å². The summed E-state index contributed by atoms with van der Waals surface area (Å²) in [4.78, 5) is 12.1. The molecule has 5 heteroatoms. The molecule has 0 radical (unpaired) electrons. The van der Waals surface area contributed by atoms with Crippen LogP contribution in [0.15, 0.2) is 42.5 Å². The van der Waals surface area contributed by atoms with Crippen molar-refractivity contribution in [2.45, 2.75) is 25.4 Å². The Morgan fingerprint density at radius 1 is 1.09 bits per heavy atom. The standard InChI is InChI=1S/C17H14F3NO/c1-10-3-2-4-13-14(16(22)21-15(10)13)9-11-5-7-12(8-6-11)17(18,19)20/h2-8,14H,9H2,1H3,(H,21,22)/t14-/m1/s1. The maximum absolute atomic E-state index is 12.6. The summed E-state index contributed by atoms with van der Waals surface area (Å²) in [7, 11) is 0. The van der Waals surface area contributed by atoms with Gasteiger partial charge in [0.15, 0.2) is 0 Å². The zero-order valence-corrected chi connectivity index (χ0v) is 11.9. The molecule has 0 fully saturated rings. The van der Waals surface area contributed by atoms with Gasteiger partial charge in [-0.25, -0.2) is 0 Å². The van der Waals surface area contributed by atoms with Crippen LogP contribution in [0.4, 0.5) is 18.9 Å². The predicted octanol–water partition coefficient (Wildman–Crippen LogP) is 4.29. The minimum Gasteiger partial charge on any atom is -0.325 e. The molecular formula is C17H14F3NO. The lowest BCUT2D eigenvalue weighted by atomic mass is 9.92. The second kappa shape index (κ2) is 5.16. The molecule has 0 aromatic heterocycles. The van der Waals surface area contributed by atoms with Crippen molar-refractivity contribution in [1.82, 2.24) is 0 Å². The van der Waals surface area contributed by atoms with Crippen LogP contribution < -0.4 is 5.32 Å². The summed E-state index contributed by atoms with van der Waals surface area (Å²) in [6.07, 6.45) is -3.95. The summed E-state index contributed by atoms with van der Waals surface area (Å²) < 4.78 is 37.7. The molecule has 22 heavy (non-hydrogen) atoms. The molecule has 2 nitrogen and oxygen atoms in total. The average Bonchev–Trinajstić information content (AvgIpc) is 2.77. The van der Waals surface area contributed by atoms with Crippen molar-refractivity contribution in [3.8, 4) is 0 Å². The smallest absolute Gasteiger partial charge is 0.325 e. The van der Waals surface area contributed by atoms with Crippen LogP contribution in [0.2, 0.25) is 0 Å². The van der Waals surface area contributed by atoms with Gasteiger partial charge in [0.2, 0.25) is 5.91 Å². The summed E-state index contributed by atoms with van der Waals surface area (Å²) in [5.74, 6) is -0.462. The molecule has 2 aromatic rings. The van der Waals surface area contributed by atoms with E-state index in [9.17, 15) is 18.0 Å². The monoisotopic (exact) mass is 305 g/mol. The molecule has 1 N–H and O–H groups in total. The molecule has 2 aromatic carbocycles. The first-order valence-electron chi connectivity index (χ1n) is 6.93. The first-order valence-corrected chi connectivity index (χ1v) is 6.93. The number of alkyl halides is 3. The molecule has 1 heterocycles. The Morgan fingerprint density at radius 3 is 2.41 bits per heavy atom. The zero-order chi connectivity index (χ0) is 15.9. The Bertz CT molecular complexity index is 720. The Morgan fingerprint density at radius 2 is 1.77 bits per heavy atom. The number of para-hydroxylation sites is 1. The van der Waals surface area contributed by atoms with Crippen LogP contribution in [0.1, 0.15) is 28.2 Å². The van der Waals surface area contributed by atoms with Gasteiger partial charge in [-0.15, -0.1) is 0 Å². The van der Waals surface area contributed by atoms with Crippen LogP contribution in [0.25, 0.3) is 0 Å². The average molecular weight is 305 g/mol. The van der Waals surface area contributed by atoms with Crippen molar-refractivity contribution in [3.63, 3.8) is 0 Å². The molecule has 1 aliphatic rings. The summed E-state index contributed by atoms with van der Waals surface area (Å²) in [6, 6.07) is 10.7. The highest BCUT2D eigenvalue weighted by Crippen LogP contribution is 2.37. The number of hydrogen-bond donors (Lipinski definition) is 1. The van der Waals surface area contributed by atoms with E-state index in [2.05, 4.69) is 5.32 Å². The Kier molecular flexibility index (Phi) is 3.43. The highest BCUT2D eigenvalue weighted by molar-refractivity contribution is 6.03. The highest BCUT2D eigenvalue weighted by atomic mass is 19.4. The first-order chi connectivity index (χ1) is 10.4. The molecule has 0 aliphatic carbocycles. The van der Waals surface area contributed by atoms with Gasteiger partial charge in [-0.1, -0.05) is 30.3 Å². The maximum Gasteiger partial charge on any atom is 0.416 e. The lowest BCUT2D eigenvalue weighted by Gasteiger charge is -2.11. The molecule has 0 unspecified atom stereocenters. The summed E-state index contributed by atoms with van der Waals surface area (Å²) in [5, 5.41) is 2.85. The molecule has 1 atom stereocenters. The van der Waals surface area contributed by atoms with Gasteiger partial charge in [0, 0.05) is 5.69 Å². The van der Waals surface area contributed by atoms with Crippen molar-refractivity contribution in [2.75, 3.05) is 5.32 Å². The number of fused-ring (bicyclic) bond motifs is 1. The van der Waals surface area contributed by atoms with Crippen LogP contribution in [0.5, 0.6) is 0 Å². The number of hydrogen-bond acceptors (Lipinski definition) is 1. The van der Waals surface area contributed by atoms with Crippen molar-refractivity contribution in [3.05, 3.63) is 64.7 Å². The van der Waals surface area contributed by atoms with Crippen molar-refractivity contribution < 1.29 is 18.0 Å². The van der Waals surface area contributed by atoms with Crippen LogP contribution in [0, 0.1) is 6.92 Å². The van der Waals surface area contributed by atoms with E-state index in [1.54, 1.807) is 0 Å². The molecule has 3 rings (SSSR count). The van der Waals surface area contributed by atoms with Crippen LogP contribution >= 0.6 is 0 Å². The fourth-order valence-corrected chi connectivity index (χ4v) is 2.77. The third kappa shape index (κ3) is 2.58. The van der Waals surface area contributed by atoms with Gasteiger partial charge >= 0.3 is 6.18 Å². The van der Waals surface area contributed by atoms with Gasteiger partial charge in [0.25, 0.3) is 0 Å². The largest absolute Gasteiger partial charge is 0.416 e. The third-order valence-electron chi connectivity index (χ3n) is 3.97. The van der Waals surface area contributed by atoms with Crippen LogP contribution in [-0.2, 0) is 17.4 Å². The van der Waals surface area contributed by atoms with E-state index in [-0.39, 0.29) is 11.8 Å². The van der Waals surface area contributed by atoms with E-state index in [1.807, 2.05) is 25.1 Å². The quantitative estimate of drug-likeness (QED) is 0.881. The number of nitrogens with one attached hydrogen (secondary N) is 1. The maximum atomic E-state index is 12.6. The summed E-state index contributed by atoms with van der Waals surface area (Å²) >= 11 is 0. The van der Waals surface area contributed by atoms with Crippen LogP contribution in [0.3, 0.4) is 0 Å². The number of benzene rings is 2. The van der Waals surface area contributed by atoms with Crippen LogP contribution in [-0.4, -0.2) is 5.91 Å². The van der Waals surface area contributed by atoms with E-state index >= 15 is 0 Å². The van der Waals surface area contributed by atoms with Gasteiger partial charge in [0.1, 0.15) is 0 Å². The van der Waals surface area contributed by atoms with E-state index in [0.29, 0.717) is 12.0 Å². The summed E-state index contributed by atoms with van der Waals surface area (Å²) in [6.45, 7) is 1.92. The second-order valence-corrected chi connectivity index (χ2v) is 5.48. The number of carbonyl (C=O) groups is 1.